The maximum Gasteiger partial charge on any atom is 0.0589 e. The number of benzene rings is 1. The van der Waals surface area contributed by atoms with Crippen LogP contribution in [-0.2, 0) is 13.1 Å². The molecule has 0 spiro atoms. The van der Waals surface area contributed by atoms with Gasteiger partial charge in [-0.3, -0.25) is 4.98 Å². The van der Waals surface area contributed by atoms with E-state index in [1.165, 1.54) is 16.5 Å². The quantitative estimate of drug-likeness (QED) is 0.760. The van der Waals surface area contributed by atoms with Crippen molar-refractivity contribution in [2.75, 3.05) is 0 Å². The van der Waals surface area contributed by atoms with Crippen LogP contribution in [0.15, 0.2) is 54.9 Å². The summed E-state index contributed by atoms with van der Waals surface area (Å²) in [5.41, 5.74) is 9.11. The summed E-state index contributed by atoms with van der Waals surface area (Å²) in [5, 5.41) is 1.26. The number of hydrogen-bond donors (Lipinski definition) is 1. The molecule has 0 aliphatic heterocycles. The van der Waals surface area contributed by atoms with E-state index in [0.717, 1.165) is 12.2 Å². The van der Waals surface area contributed by atoms with Crippen LogP contribution in [0.5, 0.6) is 0 Å². The average molecular weight is 237 g/mol. The van der Waals surface area contributed by atoms with Gasteiger partial charge in [-0.1, -0.05) is 24.3 Å². The van der Waals surface area contributed by atoms with E-state index >= 15 is 0 Å². The van der Waals surface area contributed by atoms with E-state index in [0.29, 0.717) is 6.54 Å². The van der Waals surface area contributed by atoms with Crippen LogP contribution in [0.2, 0.25) is 0 Å². The molecule has 0 saturated heterocycles. The van der Waals surface area contributed by atoms with Gasteiger partial charge in [0.25, 0.3) is 0 Å². The predicted molar refractivity (Wildman–Crippen MR) is 73.2 cm³/mol. The second kappa shape index (κ2) is 4.63. The molecule has 3 heteroatoms. The zero-order chi connectivity index (χ0) is 12.4. The van der Waals surface area contributed by atoms with Crippen LogP contribution in [0.4, 0.5) is 0 Å². The van der Waals surface area contributed by atoms with Gasteiger partial charge in [0.05, 0.1) is 5.69 Å². The standard InChI is InChI=1S/C15H15N3/c16-10-14-13(5-3-8-17-14)11-18-9-7-12-4-1-2-6-15(12)18/h1-9H,10-11,16H2. The molecule has 90 valence electrons. The van der Waals surface area contributed by atoms with Gasteiger partial charge < -0.3 is 10.3 Å². The van der Waals surface area contributed by atoms with E-state index in [1.807, 2.05) is 6.07 Å². The molecule has 0 unspecified atom stereocenters. The highest BCUT2D eigenvalue weighted by Crippen LogP contribution is 2.17. The summed E-state index contributed by atoms with van der Waals surface area (Å²) < 4.78 is 2.23. The van der Waals surface area contributed by atoms with Crippen LogP contribution in [-0.4, -0.2) is 9.55 Å². The lowest BCUT2D eigenvalue weighted by atomic mass is 10.2. The zero-order valence-electron chi connectivity index (χ0n) is 10.1. The molecule has 0 fully saturated rings. The lowest BCUT2D eigenvalue weighted by molar-refractivity contribution is 0.805. The Morgan fingerprint density at radius 3 is 2.83 bits per heavy atom. The zero-order valence-corrected chi connectivity index (χ0v) is 10.1. The van der Waals surface area contributed by atoms with Crippen molar-refractivity contribution in [2.45, 2.75) is 13.1 Å². The summed E-state index contributed by atoms with van der Waals surface area (Å²) in [6, 6.07) is 14.6. The number of rotatable bonds is 3. The minimum absolute atomic E-state index is 0.482. The van der Waals surface area contributed by atoms with Gasteiger partial charge in [0.15, 0.2) is 0 Å². The number of nitrogens with zero attached hydrogens (tertiary/aromatic N) is 2. The minimum Gasteiger partial charge on any atom is -0.343 e. The lowest BCUT2D eigenvalue weighted by Gasteiger charge is -2.09. The molecule has 0 radical (unpaired) electrons. The van der Waals surface area contributed by atoms with Crippen LogP contribution in [0.25, 0.3) is 10.9 Å². The Balaban J connectivity index is 2.01. The molecule has 2 aromatic heterocycles. The second-order valence-corrected chi connectivity index (χ2v) is 4.32. The van der Waals surface area contributed by atoms with E-state index in [-0.39, 0.29) is 0 Å². The Hall–Kier alpha value is -2.13. The normalized spacial score (nSPS) is 10.9. The van der Waals surface area contributed by atoms with Crippen molar-refractivity contribution in [3.8, 4) is 0 Å². The molecule has 18 heavy (non-hydrogen) atoms. The average Bonchev–Trinajstić information content (AvgIpc) is 2.83. The van der Waals surface area contributed by atoms with Crippen molar-refractivity contribution < 1.29 is 0 Å². The van der Waals surface area contributed by atoms with Crippen LogP contribution >= 0.6 is 0 Å². The molecule has 0 atom stereocenters. The van der Waals surface area contributed by atoms with Gasteiger partial charge in [-0.25, -0.2) is 0 Å². The van der Waals surface area contributed by atoms with E-state index in [1.54, 1.807) is 6.20 Å². The molecule has 0 saturated carbocycles. The highest BCUT2D eigenvalue weighted by molar-refractivity contribution is 5.80. The minimum atomic E-state index is 0.482. The third-order valence-corrected chi connectivity index (χ3v) is 3.20. The van der Waals surface area contributed by atoms with Gasteiger partial charge >= 0.3 is 0 Å². The van der Waals surface area contributed by atoms with Gasteiger partial charge in [0.1, 0.15) is 0 Å². The topological polar surface area (TPSA) is 43.8 Å². The highest BCUT2D eigenvalue weighted by atomic mass is 15.0. The Labute approximate surface area is 106 Å². The second-order valence-electron chi connectivity index (χ2n) is 4.32. The van der Waals surface area contributed by atoms with Gasteiger partial charge in [0.2, 0.25) is 0 Å². The van der Waals surface area contributed by atoms with E-state index in [2.05, 4.69) is 52.1 Å². The monoisotopic (exact) mass is 237 g/mol. The summed E-state index contributed by atoms with van der Waals surface area (Å²) in [7, 11) is 0. The van der Waals surface area contributed by atoms with E-state index in [9.17, 15) is 0 Å². The molecule has 3 nitrogen and oxygen atoms in total. The summed E-state index contributed by atoms with van der Waals surface area (Å²) in [6.45, 7) is 1.29. The Bertz CT molecular complexity index is 670. The van der Waals surface area contributed by atoms with Crippen molar-refractivity contribution in [1.29, 1.82) is 0 Å². The fourth-order valence-electron chi connectivity index (χ4n) is 2.26. The van der Waals surface area contributed by atoms with Crippen molar-refractivity contribution in [3.05, 3.63) is 66.1 Å². The highest BCUT2D eigenvalue weighted by Gasteiger charge is 2.04. The number of aromatic nitrogens is 2. The van der Waals surface area contributed by atoms with Gasteiger partial charge in [-0.15, -0.1) is 0 Å². The molecule has 2 heterocycles. The number of nitrogens with two attached hydrogens (primary N) is 1. The predicted octanol–water partition coefficient (Wildman–Crippen LogP) is 2.54. The number of para-hydroxylation sites is 1. The number of fused-ring (bicyclic) bond motifs is 1. The maximum atomic E-state index is 5.72. The first-order chi connectivity index (χ1) is 8.88. The molecule has 2 N–H and O–H groups in total. The van der Waals surface area contributed by atoms with Crippen LogP contribution in [0, 0.1) is 0 Å². The third-order valence-electron chi connectivity index (χ3n) is 3.20. The Morgan fingerprint density at radius 1 is 1.06 bits per heavy atom. The molecule has 3 rings (SSSR count). The largest absolute Gasteiger partial charge is 0.343 e. The molecule has 0 aliphatic carbocycles. The van der Waals surface area contributed by atoms with Crippen LogP contribution in [0.3, 0.4) is 0 Å². The van der Waals surface area contributed by atoms with E-state index < -0.39 is 0 Å². The maximum absolute atomic E-state index is 5.72. The molecular weight excluding hydrogens is 222 g/mol. The van der Waals surface area contributed by atoms with Crippen LogP contribution < -0.4 is 5.73 Å². The first kappa shape index (κ1) is 11.0. The van der Waals surface area contributed by atoms with Gasteiger partial charge in [-0.2, -0.15) is 0 Å². The van der Waals surface area contributed by atoms with Gasteiger partial charge in [0, 0.05) is 31.0 Å². The van der Waals surface area contributed by atoms with Crippen molar-refractivity contribution >= 4 is 10.9 Å². The Morgan fingerprint density at radius 2 is 1.94 bits per heavy atom. The molecule has 0 aliphatic rings. The smallest absolute Gasteiger partial charge is 0.0589 e. The molecule has 0 amide bonds. The fraction of sp³-hybridized carbons (Fsp3) is 0.133. The number of pyridine rings is 1. The summed E-state index contributed by atoms with van der Waals surface area (Å²) >= 11 is 0. The first-order valence-corrected chi connectivity index (χ1v) is 6.05. The molecular formula is C15H15N3. The molecule has 0 bridgehead atoms. The SMILES string of the molecule is NCc1ncccc1Cn1ccc2ccccc21. The van der Waals surface area contributed by atoms with Crippen LogP contribution in [0.1, 0.15) is 11.3 Å². The lowest BCUT2D eigenvalue weighted by Crippen LogP contribution is -2.07. The third kappa shape index (κ3) is 1.89. The van der Waals surface area contributed by atoms with Gasteiger partial charge in [-0.05, 0) is 29.1 Å². The van der Waals surface area contributed by atoms with E-state index in [4.69, 9.17) is 5.73 Å². The summed E-state index contributed by atoms with van der Waals surface area (Å²) in [5.74, 6) is 0. The van der Waals surface area contributed by atoms with Crippen molar-refractivity contribution in [1.82, 2.24) is 9.55 Å². The fourth-order valence-corrected chi connectivity index (χ4v) is 2.26. The molecule has 3 aromatic rings. The molecule has 1 aromatic carbocycles. The first-order valence-electron chi connectivity index (χ1n) is 6.05. The van der Waals surface area contributed by atoms with Crippen molar-refractivity contribution in [3.63, 3.8) is 0 Å². The number of hydrogen-bond acceptors (Lipinski definition) is 2. The summed E-state index contributed by atoms with van der Waals surface area (Å²) in [6.07, 6.45) is 3.90. The summed E-state index contributed by atoms with van der Waals surface area (Å²) in [4.78, 5) is 4.32. The Kier molecular flexibility index (Phi) is 2.82. The van der Waals surface area contributed by atoms with Crippen molar-refractivity contribution in [2.24, 2.45) is 5.73 Å².